The summed E-state index contributed by atoms with van der Waals surface area (Å²) in [5.74, 6) is -0.608. The highest BCUT2D eigenvalue weighted by atomic mass is 32.2. The Balaban J connectivity index is 1.83. The van der Waals surface area contributed by atoms with Gasteiger partial charge in [0.1, 0.15) is 6.04 Å². The Morgan fingerprint density at radius 3 is 2.81 bits per heavy atom. The summed E-state index contributed by atoms with van der Waals surface area (Å²) in [5.41, 5.74) is 1.91. The molecule has 2 aromatic rings. The van der Waals surface area contributed by atoms with E-state index in [2.05, 4.69) is 10.3 Å². The number of hydrogen-bond donors (Lipinski definition) is 2. The third-order valence-electron chi connectivity index (χ3n) is 4.83. The number of rotatable bonds is 4. The number of benzene rings is 1. The second kappa shape index (κ2) is 7.72. The second-order valence-electron chi connectivity index (χ2n) is 7.32. The quantitative estimate of drug-likeness (QED) is 0.815. The third-order valence-corrected chi connectivity index (χ3v) is 6.71. The van der Waals surface area contributed by atoms with E-state index in [0.717, 1.165) is 16.5 Å². The maximum Gasteiger partial charge on any atom is 0.245 e. The fraction of sp³-hybridized carbons (Fsp3) is 0.474. The molecule has 3 rings (SSSR count). The Bertz CT molecular complexity index is 951. The van der Waals surface area contributed by atoms with Crippen LogP contribution in [0.3, 0.4) is 0 Å². The van der Waals surface area contributed by atoms with Crippen molar-refractivity contribution in [1.29, 1.82) is 0 Å². The van der Waals surface area contributed by atoms with Crippen LogP contribution in [0.4, 0.5) is 0 Å². The summed E-state index contributed by atoms with van der Waals surface area (Å²) < 4.78 is 24.0. The van der Waals surface area contributed by atoms with E-state index in [1.165, 1.54) is 6.92 Å². The monoisotopic (exact) mass is 391 g/mol. The highest BCUT2D eigenvalue weighted by Crippen LogP contribution is 2.20. The van der Waals surface area contributed by atoms with Gasteiger partial charge >= 0.3 is 0 Å². The highest BCUT2D eigenvalue weighted by Gasteiger charge is 2.31. The van der Waals surface area contributed by atoms with Gasteiger partial charge in [-0.05, 0) is 17.5 Å². The van der Waals surface area contributed by atoms with Crippen molar-refractivity contribution < 1.29 is 18.0 Å². The van der Waals surface area contributed by atoms with Crippen LogP contribution in [0.5, 0.6) is 0 Å². The molecule has 8 heteroatoms. The summed E-state index contributed by atoms with van der Waals surface area (Å²) in [7, 11) is -3.15. The smallest absolute Gasteiger partial charge is 0.245 e. The molecule has 1 aliphatic heterocycles. The van der Waals surface area contributed by atoms with Gasteiger partial charge in [0, 0.05) is 43.5 Å². The minimum absolute atomic E-state index is 0.0387. The molecule has 2 heterocycles. The predicted molar refractivity (Wildman–Crippen MR) is 104 cm³/mol. The number of sulfone groups is 1. The van der Waals surface area contributed by atoms with E-state index in [0.29, 0.717) is 13.0 Å². The molecule has 1 fully saturated rings. The lowest BCUT2D eigenvalue weighted by Gasteiger charge is -2.27. The molecule has 27 heavy (non-hydrogen) atoms. The molecule has 2 amide bonds. The van der Waals surface area contributed by atoms with Gasteiger partial charge in [0.2, 0.25) is 11.8 Å². The fourth-order valence-corrected chi connectivity index (χ4v) is 5.31. The molecule has 0 aliphatic carbocycles. The third kappa shape index (κ3) is 4.68. The van der Waals surface area contributed by atoms with Crippen LogP contribution in [-0.2, 0) is 25.8 Å². The number of hydrogen-bond acceptors (Lipinski definition) is 4. The second-order valence-corrected chi connectivity index (χ2v) is 9.55. The van der Waals surface area contributed by atoms with Crippen LogP contribution in [0.25, 0.3) is 10.9 Å². The van der Waals surface area contributed by atoms with Crippen LogP contribution in [-0.4, -0.2) is 60.8 Å². The highest BCUT2D eigenvalue weighted by molar-refractivity contribution is 7.91. The molecule has 0 spiro atoms. The molecule has 0 radical (unpaired) electrons. The number of amides is 2. The van der Waals surface area contributed by atoms with Gasteiger partial charge in [-0.15, -0.1) is 0 Å². The Kier molecular flexibility index (Phi) is 5.55. The number of para-hydroxylation sites is 1. The normalized spacial score (nSPS) is 20.8. The topological polar surface area (TPSA) is 99.3 Å². The van der Waals surface area contributed by atoms with Crippen LogP contribution >= 0.6 is 0 Å². The molecule has 1 aliphatic rings. The molecular formula is C19H25N3O4S. The van der Waals surface area contributed by atoms with Gasteiger partial charge < -0.3 is 15.2 Å². The van der Waals surface area contributed by atoms with E-state index >= 15 is 0 Å². The molecule has 2 N–H and O–H groups in total. The van der Waals surface area contributed by atoms with Crippen molar-refractivity contribution in [3.8, 4) is 0 Å². The first kappa shape index (κ1) is 19.4. The van der Waals surface area contributed by atoms with E-state index < -0.39 is 15.9 Å². The number of carbonyl (C=O) groups excluding carboxylic acids is 2. The minimum atomic E-state index is -3.15. The molecule has 7 nitrogen and oxygen atoms in total. The molecule has 1 aromatic heterocycles. The van der Waals surface area contributed by atoms with E-state index in [9.17, 15) is 18.0 Å². The number of fused-ring (bicyclic) bond motifs is 1. The van der Waals surface area contributed by atoms with E-state index in [1.807, 2.05) is 37.4 Å². The van der Waals surface area contributed by atoms with Crippen molar-refractivity contribution in [2.45, 2.75) is 26.3 Å². The largest absolute Gasteiger partial charge is 0.361 e. The van der Waals surface area contributed by atoms with Crippen molar-refractivity contribution in [3.05, 3.63) is 36.0 Å². The van der Waals surface area contributed by atoms with Crippen LogP contribution in [0, 0.1) is 5.92 Å². The number of aromatic amines is 1. The number of aromatic nitrogens is 1. The van der Waals surface area contributed by atoms with Gasteiger partial charge in [-0.3, -0.25) is 9.59 Å². The maximum atomic E-state index is 13.1. The number of nitrogens with zero attached hydrogens (tertiary/aromatic N) is 1. The standard InChI is InChI=1S/C19H25N3O4S/c1-13-11-22(7-8-27(25,26)12-13)19(24)18(21-14(2)23)9-15-10-20-17-6-4-3-5-16(15)17/h3-6,10,13,18,20H,7-9,11-12H2,1-2H3,(H,21,23)/t13-,18+/m0/s1. The summed E-state index contributed by atoms with van der Waals surface area (Å²) >= 11 is 0. The van der Waals surface area contributed by atoms with Crippen molar-refractivity contribution >= 4 is 32.6 Å². The Morgan fingerprint density at radius 2 is 2.07 bits per heavy atom. The fourth-order valence-electron chi connectivity index (χ4n) is 3.67. The average molecular weight is 391 g/mol. The zero-order chi connectivity index (χ0) is 19.6. The minimum Gasteiger partial charge on any atom is -0.361 e. The Morgan fingerprint density at radius 1 is 1.33 bits per heavy atom. The Labute approximate surface area is 159 Å². The van der Waals surface area contributed by atoms with Crippen LogP contribution in [0.15, 0.2) is 30.5 Å². The summed E-state index contributed by atoms with van der Waals surface area (Å²) in [5, 5.41) is 3.75. The lowest BCUT2D eigenvalue weighted by molar-refractivity contribution is -0.136. The van der Waals surface area contributed by atoms with Crippen molar-refractivity contribution in [2.75, 3.05) is 24.6 Å². The SMILES string of the molecule is CC(=O)N[C@H](Cc1c[nH]c2ccccc12)C(=O)N1CCS(=O)(=O)C[C@@H](C)C1. The zero-order valence-corrected chi connectivity index (χ0v) is 16.4. The summed E-state index contributed by atoms with van der Waals surface area (Å²) in [6.07, 6.45) is 2.20. The molecule has 0 saturated carbocycles. The molecule has 146 valence electrons. The van der Waals surface area contributed by atoms with Crippen molar-refractivity contribution in [1.82, 2.24) is 15.2 Å². The van der Waals surface area contributed by atoms with Gasteiger partial charge in [0.05, 0.1) is 11.5 Å². The number of carbonyl (C=O) groups is 2. The first-order chi connectivity index (χ1) is 12.7. The van der Waals surface area contributed by atoms with E-state index in [-0.39, 0.29) is 35.8 Å². The van der Waals surface area contributed by atoms with Crippen molar-refractivity contribution in [3.63, 3.8) is 0 Å². The van der Waals surface area contributed by atoms with Crippen LogP contribution < -0.4 is 5.32 Å². The van der Waals surface area contributed by atoms with Crippen LogP contribution in [0.2, 0.25) is 0 Å². The van der Waals surface area contributed by atoms with Gasteiger partial charge in [-0.1, -0.05) is 25.1 Å². The number of H-pyrrole nitrogens is 1. The predicted octanol–water partition coefficient (Wildman–Crippen LogP) is 1.11. The molecule has 2 atom stereocenters. The first-order valence-corrected chi connectivity index (χ1v) is 10.9. The van der Waals surface area contributed by atoms with E-state index in [1.54, 1.807) is 4.90 Å². The summed E-state index contributed by atoms with van der Waals surface area (Å²) in [6.45, 7) is 3.75. The Hall–Kier alpha value is -2.35. The van der Waals surface area contributed by atoms with Crippen LogP contribution in [0.1, 0.15) is 19.4 Å². The van der Waals surface area contributed by atoms with Gasteiger partial charge in [-0.25, -0.2) is 8.42 Å². The van der Waals surface area contributed by atoms with Crippen molar-refractivity contribution in [2.24, 2.45) is 5.92 Å². The lowest BCUT2D eigenvalue weighted by Crippen LogP contribution is -2.50. The first-order valence-electron chi connectivity index (χ1n) is 9.06. The molecule has 0 bridgehead atoms. The molecule has 1 saturated heterocycles. The van der Waals surface area contributed by atoms with Gasteiger partial charge in [0.25, 0.3) is 0 Å². The van der Waals surface area contributed by atoms with Gasteiger partial charge in [-0.2, -0.15) is 0 Å². The zero-order valence-electron chi connectivity index (χ0n) is 15.6. The summed E-state index contributed by atoms with van der Waals surface area (Å²) in [6, 6.07) is 7.05. The molecular weight excluding hydrogens is 366 g/mol. The lowest BCUT2D eigenvalue weighted by atomic mass is 10.0. The number of nitrogens with one attached hydrogen (secondary N) is 2. The molecule has 1 aromatic carbocycles. The van der Waals surface area contributed by atoms with E-state index in [4.69, 9.17) is 0 Å². The summed E-state index contributed by atoms with van der Waals surface area (Å²) in [4.78, 5) is 29.5. The van der Waals surface area contributed by atoms with Gasteiger partial charge in [0.15, 0.2) is 9.84 Å². The molecule has 0 unspecified atom stereocenters. The average Bonchev–Trinajstić information content (AvgIpc) is 2.93. The maximum absolute atomic E-state index is 13.1.